The predicted molar refractivity (Wildman–Crippen MR) is 119 cm³/mol. The number of hydrogen-bond donors (Lipinski definition) is 2. The van der Waals surface area contributed by atoms with Crippen LogP contribution in [-0.2, 0) is 0 Å². The Kier molecular flexibility index (Phi) is 6.35. The third-order valence-corrected chi connectivity index (χ3v) is 6.60. The summed E-state index contributed by atoms with van der Waals surface area (Å²) in [7, 11) is 0. The van der Waals surface area contributed by atoms with Gasteiger partial charge in [-0.15, -0.1) is 0 Å². The lowest BCUT2D eigenvalue weighted by atomic mass is 10.1. The lowest BCUT2D eigenvalue weighted by Gasteiger charge is -2.21. The van der Waals surface area contributed by atoms with E-state index in [-0.39, 0.29) is 48.9 Å². The van der Waals surface area contributed by atoms with E-state index in [0.29, 0.717) is 39.9 Å². The largest absolute Gasteiger partial charge is 0.489 e. The lowest BCUT2D eigenvalue weighted by Crippen LogP contribution is -2.31. The van der Waals surface area contributed by atoms with E-state index < -0.39 is 5.82 Å². The smallest absolute Gasteiger partial charge is 0.258 e. The number of carbonyl (C=O) groups excluding carboxylic acids is 1. The number of ether oxygens (including phenoxy) is 1. The fourth-order valence-electron chi connectivity index (χ4n) is 4.27. The molecule has 0 spiro atoms. The van der Waals surface area contributed by atoms with E-state index in [1.165, 1.54) is 18.2 Å². The van der Waals surface area contributed by atoms with Gasteiger partial charge in [0.25, 0.3) is 5.91 Å². The topological polar surface area (TPSA) is 102 Å². The quantitative estimate of drug-likeness (QED) is 0.710. The number of aryl methyl sites for hydroxylation is 2. The zero-order valence-corrected chi connectivity index (χ0v) is 18.8. The van der Waals surface area contributed by atoms with E-state index in [2.05, 4.69) is 9.97 Å². The van der Waals surface area contributed by atoms with Crippen LogP contribution in [0.3, 0.4) is 0 Å². The van der Waals surface area contributed by atoms with Crippen molar-refractivity contribution < 1.29 is 19.0 Å². The van der Waals surface area contributed by atoms with Crippen LogP contribution in [0.15, 0.2) is 23.9 Å². The molecule has 3 N–H and O–H groups in total. The van der Waals surface area contributed by atoms with E-state index in [1.807, 2.05) is 0 Å². The number of amides is 1. The molecular weight excluding hydrogens is 435 g/mol. The molecule has 7 nitrogen and oxygen atoms in total. The van der Waals surface area contributed by atoms with Crippen LogP contribution >= 0.6 is 11.6 Å². The number of aliphatic hydroxyl groups is 1. The molecule has 0 radical (unpaired) electrons. The molecule has 2 atom stereocenters. The molecule has 9 heteroatoms. The summed E-state index contributed by atoms with van der Waals surface area (Å²) in [5.41, 5.74) is 8.98. The summed E-state index contributed by atoms with van der Waals surface area (Å²) in [6, 6.07) is 3.92. The average Bonchev–Trinajstić information content (AvgIpc) is 3.37. The van der Waals surface area contributed by atoms with Crippen molar-refractivity contribution in [2.24, 2.45) is 11.7 Å². The Hall–Kier alpha value is -2.71. The fraction of sp³-hybridized carbons (Fsp3) is 0.435. The number of rotatable bonds is 5. The van der Waals surface area contributed by atoms with Crippen molar-refractivity contribution in [1.29, 1.82) is 0 Å². The van der Waals surface area contributed by atoms with Gasteiger partial charge in [-0.1, -0.05) is 11.6 Å². The number of hydrogen-bond acceptors (Lipinski definition) is 6. The highest BCUT2D eigenvalue weighted by molar-refractivity contribution is 6.31. The van der Waals surface area contributed by atoms with Crippen molar-refractivity contribution >= 4 is 23.1 Å². The van der Waals surface area contributed by atoms with Crippen molar-refractivity contribution in [1.82, 2.24) is 14.9 Å². The summed E-state index contributed by atoms with van der Waals surface area (Å²) in [6.07, 6.45) is 2.11. The molecule has 2 aromatic rings. The number of aliphatic hydroxyl groups excluding tert-OH is 1. The Morgan fingerprint density at radius 1 is 1.28 bits per heavy atom. The van der Waals surface area contributed by atoms with Crippen LogP contribution in [0.4, 0.5) is 4.39 Å². The summed E-state index contributed by atoms with van der Waals surface area (Å²) >= 11 is 6.17. The molecule has 170 valence electrons. The Labute approximate surface area is 191 Å². The van der Waals surface area contributed by atoms with Crippen molar-refractivity contribution in [2.45, 2.75) is 39.2 Å². The standard InChI is InChI=1S/C23H26ClFN4O3/c1-12-21(24)13(2)28-22(27-12)18-9-29(10-19(18)26)23(31)17-6-4-15(25)8-20(17)32-16-5-3-14(7-16)11-30/h4,6,8,14,16,30H,3,5,7,9-11,26H2,1-2H3. The molecule has 1 fully saturated rings. The van der Waals surface area contributed by atoms with Crippen LogP contribution in [0.1, 0.15) is 46.8 Å². The minimum atomic E-state index is -0.478. The van der Waals surface area contributed by atoms with Gasteiger partial charge in [-0.2, -0.15) is 0 Å². The van der Waals surface area contributed by atoms with Gasteiger partial charge >= 0.3 is 0 Å². The van der Waals surface area contributed by atoms with Gasteiger partial charge in [0.2, 0.25) is 0 Å². The highest BCUT2D eigenvalue weighted by Gasteiger charge is 2.31. The number of benzene rings is 1. The molecule has 0 saturated heterocycles. The molecular formula is C23H26ClFN4O3. The van der Waals surface area contributed by atoms with Crippen LogP contribution in [0.25, 0.3) is 5.57 Å². The van der Waals surface area contributed by atoms with Crippen molar-refractivity contribution in [3.8, 4) is 5.75 Å². The summed E-state index contributed by atoms with van der Waals surface area (Å²) in [4.78, 5) is 23.8. The van der Waals surface area contributed by atoms with Crippen LogP contribution in [-0.4, -0.2) is 51.7 Å². The maximum atomic E-state index is 14.0. The normalized spacial score (nSPS) is 20.8. The van der Waals surface area contributed by atoms with Gasteiger partial charge in [-0.05, 0) is 51.2 Å². The molecule has 2 unspecified atom stereocenters. The first kappa shape index (κ1) is 22.5. The van der Waals surface area contributed by atoms with Crippen molar-refractivity contribution in [3.63, 3.8) is 0 Å². The average molecular weight is 461 g/mol. The number of carbonyl (C=O) groups is 1. The first-order valence-electron chi connectivity index (χ1n) is 10.6. The molecule has 4 rings (SSSR count). The maximum Gasteiger partial charge on any atom is 0.258 e. The first-order chi connectivity index (χ1) is 15.3. The molecule has 1 aliphatic carbocycles. The maximum absolute atomic E-state index is 14.0. The molecule has 2 aliphatic rings. The highest BCUT2D eigenvalue weighted by Crippen LogP contribution is 2.33. The van der Waals surface area contributed by atoms with E-state index in [0.717, 1.165) is 12.8 Å². The summed E-state index contributed by atoms with van der Waals surface area (Å²) in [5, 5.41) is 9.87. The Balaban J connectivity index is 1.54. The third-order valence-electron chi connectivity index (χ3n) is 6.06. The van der Waals surface area contributed by atoms with Gasteiger partial charge in [-0.25, -0.2) is 14.4 Å². The molecule has 1 aromatic heterocycles. The van der Waals surface area contributed by atoms with Crippen molar-refractivity contribution in [2.75, 3.05) is 19.7 Å². The van der Waals surface area contributed by atoms with E-state index in [1.54, 1.807) is 18.7 Å². The zero-order chi connectivity index (χ0) is 23.0. The van der Waals surface area contributed by atoms with Gasteiger partial charge in [0.1, 0.15) is 11.6 Å². The van der Waals surface area contributed by atoms with Crippen LogP contribution in [0, 0.1) is 25.6 Å². The number of halogens is 2. The Bertz CT molecular complexity index is 1070. The number of nitrogens with two attached hydrogens (primary N) is 1. The summed E-state index contributed by atoms with van der Waals surface area (Å²) in [6.45, 7) is 4.13. The van der Waals surface area contributed by atoms with Crippen molar-refractivity contribution in [3.05, 3.63) is 57.5 Å². The Morgan fingerprint density at radius 2 is 2.00 bits per heavy atom. The minimum absolute atomic E-state index is 0.0992. The lowest BCUT2D eigenvalue weighted by molar-refractivity contribution is 0.0790. The fourth-order valence-corrected chi connectivity index (χ4v) is 4.35. The first-order valence-corrected chi connectivity index (χ1v) is 11.0. The summed E-state index contributed by atoms with van der Waals surface area (Å²) < 4.78 is 20.0. The van der Waals surface area contributed by atoms with Crippen LogP contribution in [0.5, 0.6) is 5.75 Å². The zero-order valence-electron chi connectivity index (χ0n) is 18.1. The second-order valence-corrected chi connectivity index (χ2v) is 8.82. The third kappa shape index (κ3) is 4.42. The predicted octanol–water partition coefficient (Wildman–Crippen LogP) is 3.25. The van der Waals surface area contributed by atoms with Gasteiger partial charge < -0.3 is 20.5 Å². The SMILES string of the molecule is Cc1nc(C2=C(N)CN(C(=O)c3ccc(F)cc3OC3CCC(CO)C3)C2)nc(C)c1Cl. The molecule has 0 bridgehead atoms. The Morgan fingerprint density at radius 3 is 2.66 bits per heavy atom. The second-order valence-electron chi connectivity index (χ2n) is 8.44. The van der Waals surface area contributed by atoms with Gasteiger partial charge in [-0.3, -0.25) is 4.79 Å². The second kappa shape index (κ2) is 9.03. The van der Waals surface area contributed by atoms with Crippen LogP contribution in [0.2, 0.25) is 5.02 Å². The molecule has 1 saturated carbocycles. The highest BCUT2D eigenvalue weighted by atomic mass is 35.5. The molecule has 1 amide bonds. The van der Waals surface area contributed by atoms with Crippen LogP contribution < -0.4 is 10.5 Å². The monoisotopic (exact) mass is 460 g/mol. The van der Waals surface area contributed by atoms with E-state index in [9.17, 15) is 14.3 Å². The molecule has 32 heavy (non-hydrogen) atoms. The minimum Gasteiger partial charge on any atom is -0.489 e. The van der Waals surface area contributed by atoms with E-state index in [4.69, 9.17) is 22.1 Å². The molecule has 1 aromatic carbocycles. The van der Waals surface area contributed by atoms with Gasteiger partial charge in [0, 0.05) is 23.9 Å². The summed E-state index contributed by atoms with van der Waals surface area (Å²) in [5.74, 6) is 0.0449. The van der Waals surface area contributed by atoms with Gasteiger partial charge in [0.05, 0.1) is 41.2 Å². The molecule has 2 heterocycles. The molecule has 1 aliphatic heterocycles. The number of nitrogens with zero attached hydrogens (tertiary/aromatic N) is 3. The number of aromatic nitrogens is 2. The van der Waals surface area contributed by atoms with E-state index >= 15 is 0 Å². The van der Waals surface area contributed by atoms with Gasteiger partial charge in [0.15, 0.2) is 5.82 Å².